The van der Waals surface area contributed by atoms with Crippen LogP contribution in [-0.2, 0) is 6.42 Å². The van der Waals surface area contributed by atoms with Gasteiger partial charge in [0.25, 0.3) is 0 Å². The monoisotopic (exact) mass is 460 g/mol. The molecule has 2 aromatic heterocycles. The molecule has 0 amide bonds. The quantitative estimate of drug-likeness (QED) is 0.303. The van der Waals surface area contributed by atoms with Gasteiger partial charge in [-0.05, 0) is 31.4 Å². The van der Waals surface area contributed by atoms with Crippen molar-refractivity contribution in [3.05, 3.63) is 24.2 Å². The molecule has 0 saturated carbocycles. The normalized spacial score (nSPS) is 12.9. The van der Waals surface area contributed by atoms with Gasteiger partial charge in [0.15, 0.2) is 11.7 Å². The van der Waals surface area contributed by atoms with Crippen LogP contribution in [0.4, 0.5) is 0 Å². The van der Waals surface area contributed by atoms with Crippen molar-refractivity contribution < 1.29 is 4.42 Å². The number of aromatic nitrogens is 3. The van der Waals surface area contributed by atoms with E-state index in [4.69, 9.17) is 10.2 Å². The summed E-state index contributed by atoms with van der Waals surface area (Å²) < 4.78 is 5.26. The van der Waals surface area contributed by atoms with Crippen LogP contribution in [-0.4, -0.2) is 33.7 Å². The largest absolute Gasteiger partial charge is 0.461 e. The van der Waals surface area contributed by atoms with E-state index < -0.39 is 0 Å². The first-order valence-electron chi connectivity index (χ1n) is 8.56. The Kier molecular flexibility index (Phi) is 9.54. The summed E-state index contributed by atoms with van der Waals surface area (Å²) in [4.78, 5) is 8.72. The highest BCUT2D eigenvalue weighted by Gasteiger charge is 2.08. The van der Waals surface area contributed by atoms with Gasteiger partial charge in [-0.15, -0.1) is 24.0 Å². The smallest absolute Gasteiger partial charge is 0.216 e. The standard InChI is InChI=1S/C17H28N6O.HI/c1-12(2)6-4-7-13(3)20-17(18)19-10-9-15-21-16(23-22-15)14-8-5-11-24-14;/h5,8,11-13H,4,6-7,9-10H2,1-3H3,(H3,18,19,20)(H,21,22,23);1H. The number of H-pyrrole nitrogens is 1. The van der Waals surface area contributed by atoms with Gasteiger partial charge in [-0.3, -0.25) is 10.1 Å². The molecule has 140 valence electrons. The number of hydrogen-bond acceptors (Lipinski definition) is 4. The lowest BCUT2D eigenvalue weighted by atomic mass is 10.0. The minimum atomic E-state index is 0. The summed E-state index contributed by atoms with van der Waals surface area (Å²) in [5, 5.41) is 10.3. The van der Waals surface area contributed by atoms with Gasteiger partial charge in [0.05, 0.1) is 6.26 Å². The summed E-state index contributed by atoms with van der Waals surface area (Å²) >= 11 is 0. The number of hydrogen-bond donors (Lipinski definition) is 3. The zero-order valence-corrected chi connectivity index (χ0v) is 17.5. The van der Waals surface area contributed by atoms with Gasteiger partial charge in [-0.25, -0.2) is 4.98 Å². The van der Waals surface area contributed by atoms with E-state index in [1.54, 1.807) is 6.26 Å². The van der Waals surface area contributed by atoms with E-state index in [9.17, 15) is 0 Å². The van der Waals surface area contributed by atoms with Crippen LogP contribution in [0.1, 0.15) is 45.9 Å². The van der Waals surface area contributed by atoms with Gasteiger partial charge >= 0.3 is 0 Å². The first-order valence-corrected chi connectivity index (χ1v) is 8.56. The number of rotatable bonds is 9. The Morgan fingerprint density at radius 3 is 2.84 bits per heavy atom. The Morgan fingerprint density at radius 1 is 1.36 bits per heavy atom. The van der Waals surface area contributed by atoms with E-state index in [1.165, 1.54) is 12.8 Å². The molecule has 0 bridgehead atoms. The summed E-state index contributed by atoms with van der Waals surface area (Å²) in [5.41, 5.74) is 5.93. The molecule has 1 unspecified atom stereocenters. The molecule has 8 heteroatoms. The van der Waals surface area contributed by atoms with Crippen LogP contribution >= 0.6 is 24.0 Å². The predicted molar refractivity (Wildman–Crippen MR) is 111 cm³/mol. The van der Waals surface area contributed by atoms with Crippen molar-refractivity contribution >= 4 is 29.9 Å². The Bertz CT molecular complexity index is 623. The van der Waals surface area contributed by atoms with Crippen molar-refractivity contribution in [1.29, 1.82) is 0 Å². The third kappa shape index (κ3) is 7.89. The number of aromatic amines is 1. The van der Waals surface area contributed by atoms with E-state index in [-0.39, 0.29) is 24.0 Å². The molecule has 0 spiro atoms. The average Bonchev–Trinajstić information content (AvgIpc) is 3.17. The molecule has 2 aromatic rings. The fraction of sp³-hybridized carbons (Fsp3) is 0.588. The summed E-state index contributed by atoms with van der Waals surface area (Å²) in [5.74, 6) is 3.21. The predicted octanol–water partition coefficient (Wildman–Crippen LogP) is 3.34. The van der Waals surface area contributed by atoms with Crippen molar-refractivity contribution in [3.63, 3.8) is 0 Å². The second kappa shape index (κ2) is 11.1. The summed E-state index contributed by atoms with van der Waals surface area (Å²) in [6.07, 6.45) is 5.80. The van der Waals surface area contributed by atoms with Crippen molar-refractivity contribution in [1.82, 2.24) is 20.5 Å². The molecule has 0 fully saturated rings. The number of nitrogens with zero attached hydrogens (tertiary/aromatic N) is 3. The molecular formula is C17H29IN6O. The maximum absolute atomic E-state index is 5.93. The van der Waals surface area contributed by atoms with Gasteiger partial charge in [-0.2, -0.15) is 5.10 Å². The van der Waals surface area contributed by atoms with E-state index >= 15 is 0 Å². The van der Waals surface area contributed by atoms with E-state index in [2.05, 4.69) is 46.3 Å². The van der Waals surface area contributed by atoms with Crippen molar-refractivity contribution in [2.45, 2.75) is 52.5 Å². The minimum absolute atomic E-state index is 0. The zero-order chi connectivity index (χ0) is 17.4. The van der Waals surface area contributed by atoms with E-state index in [0.29, 0.717) is 36.6 Å². The number of halogens is 1. The Balaban J connectivity index is 0.00000312. The van der Waals surface area contributed by atoms with Gasteiger partial charge in [0.1, 0.15) is 5.82 Å². The van der Waals surface area contributed by atoms with Crippen LogP contribution in [0.3, 0.4) is 0 Å². The molecular weight excluding hydrogens is 431 g/mol. The highest BCUT2D eigenvalue weighted by Crippen LogP contribution is 2.14. The van der Waals surface area contributed by atoms with Gasteiger partial charge < -0.3 is 15.5 Å². The van der Waals surface area contributed by atoms with Crippen LogP contribution < -0.4 is 11.1 Å². The van der Waals surface area contributed by atoms with Gasteiger partial charge in [0, 0.05) is 19.0 Å². The number of aliphatic imine (C=N–C) groups is 1. The fourth-order valence-corrected chi connectivity index (χ4v) is 2.41. The van der Waals surface area contributed by atoms with E-state index in [0.717, 1.165) is 18.2 Å². The van der Waals surface area contributed by atoms with Crippen molar-refractivity contribution in [2.24, 2.45) is 16.6 Å². The Hall–Kier alpha value is -1.58. The molecule has 25 heavy (non-hydrogen) atoms. The fourth-order valence-electron chi connectivity index (χ4n) is 2.41. The second-order valence-corrected chi connectivity index (χ2v) is 6.47. The number of nitrogens with two attached hydrogens (primary N) is 1. The van der Waals surface area contributed by atoms with Crippen LogP contribution in [0.15, 0.2) is 27.8 Å². The van der Waals surface area contributed by atoms with Crippen molar-refractivity contribution in [2.75, 3.05) is 6.54 Å². The summed E-state index contributed by atoms with van der Waals surface area (Å²) in [7, 11) is 0. The molecule has 0 saturated heterocycles. The van der Waals surface area contributed by atoms with Gasteiger partial charge in [-0.1, -0.05) is 26.7 Å². The molecule has 0 aliphatic carbocycles. The molecule has 2 rings (SSSR count). The second-order valence-electron chi connectivity index (χ2n) is 6.47. The topological polar surface area (TPSA) is 105 Å². The molecule has 0 radical (unpaired) electrons. The molecule has 4 N–H and O–H groups in total. The van der Waals surface area contributed by atoms with Crippen molar-refractivity contribution in [3.8, 4) is 11.6 Å². The van der Waals surface area contributed by atoms with Crippen LogP contribution in [0.25, 0.3) is 11.6 Å². The number of furan rings is 1. The number of nitrogens with one attached hydrogen (secondary N) is 2. The van der Waals surface area contributed by atoms with E-state index in [1.807, 2.05) is 12.1 Å². The van der Waals surface area contributed by atoms with Crippen LogP contribution in [0, 0.1) is 5.92 Å². The first-order chi connectivity index (χ1) is 11.5. The maximum Gasteiger partial charge on any atom is 0.216 e. The number of guanidine groups is 1. The summed E-state index contributed by atoms with van der Waals surface area (Å²) in [6.45, 7) is 7.18. The lowest BCUT2D eigenvalue weighted by Gasteiger charge is -2.14. The zero-order valence-electron chi connectivity index (χ0n) is 15.2. The minimum Gasteiger partial charge on any atom is -0.461 e. The SMILES string of the molecule is CC(C)CCCC(C)NC(N)=NCCc1nc(-c2ccco2)n[nH]1.I. The highest BCUT2D eigenvalue weighted by atomic mass is 127. The lowest BCUT2D eigenvalue weighted by Crippen LogP contribution is -2.38. The molecule has 0 aromatic carbocycles. The Morgan fingerprint density at radius 2 is 2.16 bits per heavy atom. The molecule has 0 aliphatic rings. The van der Waals surface area contributed by atoms with Crippen LogP contribution in [0.5, 0.6) is 0 Å². The molecule has 0 aliphatic heterocycles. The third-order valence-corrected chi connectivity index (χ3v) is 3.72. The summed E-state index contributed by atoms with van der Waals surface area (Å²) in [6, 6.07) is 3.97. The first kappa shape index (κ1) is 21.5. The molecule has 7 nitrogen and oxygen atoms in total. The Labute approximate surface area is 166 Å². The molecule has 1 atom stereocenters. The maximum atomic E-state index is 5.93. The third-order valence-electron chi connectivity index (χ3n) is 3.72. The van der Waals surface area contributed by atoms with Gasteiger partial charge in [0.2, 0.25) is 5.82 Å². The highest BCUT2D eigenvalue weighted by molar-refractivity contribution is 14.0. The molecule has 2 heterocycles. The average molecular weight is 460 g/mol. The van der Waals surface area contributed by atoms with Crippen LogP contribution in [0.2, 0.25) is 0 Å². The lowest BCUT2D eigenvalue weighted by molar-refractivity contribution is 0.493.